The van der Waals surface area contributed by atoms with Crippen LogP contribution in [0.4, 0.5) is 0 Å². The Morgan fingerprint density at radius 2 is 1.93 bits per heavy atom. The molecule has 0 saturated carbocycles. The Morgan fingerprint density at radius 3 is 2.70 bits per heavy atom. The first kappa shape index (κ1) is 19.5. The molecule has 3 aromatic heterocycles. The summed E-state index contributed by atoms with van der Waals surface area (Å²) >= 11 is 3.50. The zero-order chi connectivity index (χ0) is 20.5. The number of nitrogens with zero attached hydrogens (tertiary/aromatic N) is 1. The van der Waals surface area contributed by atoms with Gasteiger partial charge in [0, 0.05) is 10.3 Å². The van der Waals surface area contributed by atoms with Crippen molar-refractivity contribution in [3.05, 3.63) is 63.8 Å². The van der Waals surface area contributed by atoms with Gasteiger partial charge in [-0.3, -0.25) is 4.79 Å². The number of carbonyl (C=O) groups is 1. The third kappa shape index (κ3) is 3.46. The number of ether oxygens (including phenoxy) is 1. The van der Waals surface area contributed by atoms with Crippen molar-refractivity contribution in [3.8, 4) is 21.7 Å². The van der Waals surface area contributed by atoms with E-state index in [1.165, 1.54) is 28.7 Å². The van der Waals surface area contributed by atoms with Gasteiger partial charge in [0.15, 0.2) is 0 Å². The summed E-state index contributed by atoms with van der Waals surface area (Å²) in [5, 5.41) is 3.32. The third-order valence-corrected chi connectivity index (χ3v) is 7.71. The molecule has 1 aliphatic carbocycles. The standard InChI is InChI=1S/C25H23NO2S2/c1-2-28-21(27)15-18-22(16-9-4-3-5-10-16)23-17-11-6-7-12-19(17)30-25(23)26-24(18)20-13-8-14-29-20/h3-5,8-10,13-14H,2,6-7,11-12,15H2,1H3. The first-order valence-electron chi connectivity index (χ1n) is 10.5. The molecule has 30 heavy (non-hydrogen) atoms. The molecule has 0 unspecified atom stereocenters. The molecule has 0 radical (unpaired) electrons. The van der Waals surface area contributed by atoms with Gasteiger partial charge in [-0.15, -0.1) is 22.7 Å². The van der Waals surface area contributed by atoms with Gasteiger partial charge in [0.05, 0.1) is 23.6 Å². The van der Waals surface area contributed by atoms with Crippen LogP contribution in [0, 0.1) is 0 Å². The van der Waals surface area contributed by atoms with Crippen LogP contribution in [-0.2, 0) is 28.8 Å². The van der Waals surface area contributed by atoms with Gasteiger partial charge < -0.3 is 4.74 Å². The number of hydrogen-bond acceptors (Lipinski definition) is 5. The van der Waals surface area contributed by atoms with Crippen LogP contribution in [0.3, 0.4) is 0 Å². The molecule has 0 fully saturated rings. The number of pyridine rings is 1. The lowest BCUT2D eigenvalue weighted by molar-refractivity contribution is -0.142. The molecule has 1 aromatic carbocycles. The van der Waals surface area contributed by atoms with Gasteiger partial charge >= 0.3 is 5.97 Å². The second kappa shape index (κ2) is 8.32. The number of benzene rings is 1. The molecule has 3 nitrogen and oxygen atoms in total. The Hall–Kier alpha value is -2.50. The molecule has 0 N–H and O–H groups in total. The monoisotopic (exact) mass is 433 g/mol. The maximum Gasteiger partial charge on any atom is 0.310 e. The number of thiophene rings is 2. The zero-order valence-corrected chi connectivity index (χ0v) is 18.6. The van der Waals surface area contributed by atoms with E-state index in [0.29, 0.717) is 6.61 Å². The van der Waals surface area contributed by atoms with Crippen molar-refractivity contribution in [1.29, 1.82) is 0 Å². The molecule has 0 spiro atoms. The molecule has 152 valence electrons. The maximum atomic E-state index is 12.6. The van der Waals surface area contributed by atoms with Crippen molar-refractivity contribution < 1.29 is 9.53 Å². The number of fused-ring (bicyclic) bond motifs is 3. The summed E-state index contributed by atoms with van der Waals surface area (Å²) in [6, 6.07) is 14.6. The lowest BCUT2D eigenvalue weighted by Crippen LogP contribution is -2.11. The highest BCUT2D eigenvalue weighted by molar-refractivity contribution is 7.19. The summed E-state index contributed by atoms with van der Waals surface area (Å²) in [7, 11) is 0. The molecule has 0 bridgehead atoms. The number of carbonyl (C=O) groups excluding carboxylic acids is 1. The number of hydrogen-bond donors (Lipinski definition) is 0. The normalized spacial score (nSPS) is 13.4. The van der Waals surface area contributed by atoms with E-state index in [-0.39, 0.29) is 12.4 Å². The topological polar surface area (TPSA) is 39.2 Å². The molecule has 1 aliphatic rings. The average Bonchev–Trinajstić information content (AvgIpc) is 3.42. The van der Waals surface area contributed by atoms with Gasteiger partial charge in [-0.25, -0.2) is 4.98 Å². The Bertz CT molecular complexity index is 1190. The Balaban J connectivity index is 1.86. The molecule has 0 aliphatic heterocycles. The van der Waals surface area contributed by atoms with E-state index < -0.39 is 0 Å². The molecular weight excluding hydrogens is 410 g/mol. The predicted octanol–water partition coefficient (Wildman–Crippen LogP) is 6.68. The van der Waals surface area contributed by atoms with Gasteiger partial charge in [-0.2, -0.15) is 0 Å². The van der Waals surface area contributed by atoms with Crippen LogP contribution < -0.4 is 0 Å². The smallest absolute Gasteiger partial charge is 0.310 e. The first-order valence-corrected chi connectivity index (χ1v) is 12.2. The molecule has 0 saturated heterocycles. The summed E-state index contributed by atoms with van der Waals surface area (Å²) in [5.41, 5.74) is 5.66. The fourth-order valence-corrected chi connectivity index (χ4v) is 6.41. The van der Waals surface area contributed by atoms with Crippen LogP contribution in [-0.4, -0.2) is 17.6 Å². The van der Waals surface area contributed by atoms with Gasteiger partial charge in [0.2, 0.25) is 0 Å². The number of aryl methyl sites for hydroxylation is 2. The summed E-state index contributed by atoms with van der Waals surface area (Å²) in [5.74, 6) is -0.197. The Labute approximate surface area is 184 Å². The van der Waals surface area contributed by atoms with E-state index in [0.717, 1.165) is 44.9 Å². The summed E-state index contributed by atoms with van der Waals surface area (Å²) in [4.78, 5) is 21.4. The summed E-state index contributed by atoms with van der Waals surface area (Å²) < 4.78 is 5.35. The van der Waals surface area contributed by atoms with E-state index in [2.05, 4.69) is 35.7 Å². The lowest BCUT2D eigenvalue weighted by Gasteiger charge is -2.17. The van der Waals surface area contributed by atoms with E-state index in [4.69, 9.17) is 9.72 Å². The summed E-state index contributed by atoms with van der Waals surface area (Å²) in [6.07, 6.45) is 4.92. The highest BCUT2D eigenvalue weighted by atomic mass is 32.1. The predicted molar refractivity (Wildman–Crippen MR) is 125 cm³/mol. The van der Waals surface area contributed by atoms with Gasteiger partial charge in [-0.1, -0.05) is 36.4 Å². The second-order valence-electron chi connectivity index (χ2n) is 7.53. The fourth-order valence-electron chi connectivity index (χ4n) is 4.40. The van der Waals surface area contributed by atoms with Crippen molar-refractivity contribution in [2.24, 2.45) is 0 Å². The fraction of sp³-hybridized carbons (Fsp3) is 0.280. The van der Waals surface area contributed by atoms with Crippen molar-refractivity contribution in [3.63, 3.8) is 0 Å². The Morgan fingerprint density at radius 1 is 1.10 bits per heavy atom. The molecule has 4 aromatic rings. The van der Waals surface area contributed by atoms with Crippen LogP contribution >= 0.6 is 22.7 Å². The van der Waals surface area contributed by atoms with Gasteiger partial charge in [0.25, 0.3) is 0 Å². The van der Waals surface area contributed by atoms with Crippen molar-refractivity contribution in [2.45, 2.75) is 39.0 Å². The SMILES string of the molecule is CCOC(=O)Cc1c(-c2cccs2)nc2sc3c(c2c1-c1ccccc1)CCCC3. The average molecular weight is 434 g/mol. The number of rotatable bonds is 5. The van der Waals surface area contributed by atoms with Gasteiger partial charge in [0.1, 0.15) is 4.83 Å². The van der Waals surface area contributed by atoms with E-state index >= 15 is 0 Å². The molecule has 0 atom stereocenters. The molecule has 0 amide bonds. The van der Waals surface area contributed by atoms with E-state index in [1.54, 1.807) is 11.3 Å². The minimum absolute atomic E-state index is 0.197. The molecule has 5 rings (SSSR count). The zero-order valence-electron chi connectivity index (χ0n) is 16.9. The van der Waals surface area contributed by atoms with Crippen LogP contribution in [0.5, 0.6) is 0 Å². The highest BCUT2D eigenvalue weighted by Crippen LogP contribution is 2.45. The van der Waals surface area contributed by atoms with Crippen LogP contribution in [0.2, 0.25) is 0 Å². The first-order chi connectivity index (χ1) is 14.8. The third-order valence-electron chi connectivity index (χ3n) is 5.65. The summed E-state index contributed by atoms with van der Waals surface area (Å²) in [6.45, 7) is 2.24. The quantitative estimate of drug-likeness (QED) is 0.330. The van der Waals surface area contributed by atoms with Crippen molar-refractivity contribution in [1.82, 2.24) is 4.98 Å². The van der Waals surface area contributed by atoms with Crippen LogP contribution in [0.25, 0.3) is 31.9 Å². The molecular formula is C25H23NO2S2. The Kier molecular flexibility index (Phi) is 5.40. The lowest BCUT2D eigenvalue weighted by atomic mass is 9.88. The van der Waals surface area contributed by atoms with Crippen LogP contribution in [0.1, 0.15) is 35.8 Å². The largest absolute Gasteiger partial charge is 0.466 e. The highest BCUT2D eigenvalue weighted by Gasteiger charge is 2.26. The van der Waals surface area contributed by atoms with Gasteiger partial charge in [-0.05, 0) is 66.3 Å². The van der Waals surface area contributed by atoms with Crippen LogP contribution in [0.15, 0.2) is 47.8 Å². The van der Waals surface area contributed by atoms with E-state index in [9.17, 15) is 4.79 Å². The van der Waals surface area contributed by atoms with E-state index in [1.807, 2.05) is 30.4 Å². The maximum absolute atomic E-state index is 12.6. The minimum Gasteiger partial charge on any atom is -0.466 e. The molecule has 5 heteroatoms. The number of aromatic nitrogens is 1. The number of esters is 1. The van der Waals surface area contributed by atoms with Crippen molar-refractivity contribution >= 4 is 38.9 Å². The van der Waals surface area contributed by atoms with Crippen molar-refractivity contribution in [2.75, 3.05) is 6.61 Å². The second-order valence-corrected chi connectivity index (χ2v) is 9.56. The molecule has 3 heterocycles. The minimum atomic E-state index is -0.197.